The number of alkyl carbamates (subject to hydrolysis) is 1. The van der Waals surface area contributed by atoms with Gasteiger partial charge in [0.25, 0.3) is 0 Å². The van der Waals surface area contributed by atoms with E-state index in [1.54, 1.807) is 0 Å². The van der Waals surface area contributed by atoms with Gasteiger partial charge in [-0.1, -0.05) is 48.5 Å². The number of hydrogen-bond donors (Lipinski definition) is 3. The third kappa shape index (κ3) is 9.75. The number of carboxylic acid groups (broad SMARTS) is 1. The summed E-state index contributed by atoms with van der Waals surface area (Å²) in [6, 6.07) is 16.4. The first kappa shape index (κ1) is 29.1. The van der Waals surface area contributed by atoms with E-state index >= 15 is 0 Å². The second kappa shape index (κ2) is 16.4. The summed E-state index contributed by atoms with van der Waals surface area (Å²) in [5.74, 6) is -1.51. The van der Waals surface area contributed by atoms with Gasteiger partial charge in [-0.3, -0.25) is 4.79 Å². The molecular weight excluding hydrogens is 496 g/mol. The zero-order chi connectivity index (χ0) is 27.0. The van der Waals surface area contributed by atoms with Gasteiger partial charge in [0.2, 0.25) is 5.91 Å². The summed E-state index contributed by atoms with van der Waals surface area (Å²) in [5, 5.41) is 13.7. The highest BCUT2D eigenvalue weighted by molar-refractivity contribution is 5.79. The molecule has 2 aromatic carbocycles. The van der Waals surface area contributed by atoms with Gasteiger partial charge in [0.05, 0.1) is 39.6 Å². The van der Waals surface area contributed by atoms with Crippen LogP contribution in [0.5, 0.6) is 0 Å². The van der Waals surface area contributed by atoms with E-state index in [0.29, 0.717) is 46.2 Å². The summed E-state index contributed by atoms with van der Waals surface area (Å²) >= 11 is 0. The highest BCUT2D eigenvalue weighted by Gasteiger charge is 2.28. The fourth-order valence-corrected chi connectivity index (χ4v) is 3.96. The van der Waals surface area contributed by atoms with Crippen LogP contribution in [-0.4, -0.2) is 95.6 Å². The van der Waals surface area contributed by atoms with Crippen molar-refractivity contribution in [2.24, 2.45) is 0 Å². The lowest BCUT2D eigenvalue weighted by Gasteiger charge is -2.14. The van der Waals surface area contributed by atoms with Crippen molar-refractivity contribution in [3.05, 3.63) is 59.7 Å². The fourth-order valence-electron chi connectivity index (χ4n) is 3.96. The Balaban J connectivity index is 1.13. The average molecular weight is 531 g/mol. The minimum atomic E-state index is -1.13. The van der Waals surface area contributed by atoms with E-state index in [4.69, 9.17) is 24.1 Å². The zero-order valence-corrected chi connectivity index (χ0v) is 21.2. The van der Waals surface area contributed by atoms with Gasteiger partial charge in [0, 0.05) is 19.0 Å². The van der Waals surface area contributed by atoms with Crippen molar-refractivity contribution in [2.45, 2.75) is 5.92 Å². The van der Waals surface area contributed by atoms with Gasteiger partial charge in [-0.15, -0.1) is 0 Å². The molecule has 0 saturated carbocycles. The monoisotopic (exact) mass is 530 g/mol. The Morgan fingerprint density at radius 1 is 0.684 bits per heavy atom. The Bertz CT molecular complexity index is 1000. The second-order valence-corrected chi connectivity index (χ2v) is 8.33. The highest BCUT2D eigenvalue weighted by atomic mass is 16.6. The van der Waals surface area contributed by atoms with Crippen LogP contribution in [0.3, 0.4) is 0 Å². The number of aliphatic carboxylic acids is 1. The molecular formula is C27H34N2O9. The van der Waals surface area contributed by atoms with E-state index in [9.17, 15) is 14.4 Å². The van der Waals surface area contributed by atoms with Crippen LogP contribution in [0.15, 0.2) is 48.5 Å². The number of benzene rings is 2. The zero-order valence-electron chi connectivity index (χ0n) is 21.2. The Labute approximate surface area is 221 Å². The number of hydrogen-bond acceptors (Lipinski definition) is 8. The predicted molar refractivity (Wildman–Crippen MR) is 137 cm³/mol. The van der Waals surface area contributed by atoms with Crippen molar-refractivity contribution in [3.8, 4) is 11.1 Å². The molecule has 3 N–H and O–H groups in total. The summed E-state index contributed by atoms with van der Waals surface area (Å²) in [6.45, 7) is 2.17. The molecule has 0 radical (unpaired) electrons. The molecule has 3 rings (SSSR count). The number of carbonyl (C=O) groups excluding carboxylic acids is 2. The molecule has 1 aliphatic rings. The van der Waals surface area contributed by atoms with Crippen molar-refractivity contribution in [1.29, 1.82) is 0 Å². The lowest BCUT2D eigenvalue weighted by molar-refractivity contribution is -0.143. The van der Waals surface area contributed by atoms with Crippen LogP contribution in [0, 0.1) is 0 Å². The van der Waals surface area contributed by atoms with Crippen LogP contribution in [0.25, 0.3) is 11.1 Å². The first-order chi connectivity index (χ1) is 18.6. The topological polar surface area (TPSA) is 142 Å². The molecule has 0 aliphatic heterocycles. The maximum absolute atomic E-state index is 12.1. The number of nitrogens with one attached hydrogen (secondary N) is 2. The molecule has 0 bridgehead atoms. The fraction of sp³-hybridized carbons (Fsp3) is 0.444. The van der Waals surface area contributed by atoms with Gasteiger partial charge in [-0.25, -0.2) is 9.59 Å². The van der Waals surface area contributed by atoms with Crippen LogP contribution in [0.4, 0.5) is 4.79 Å². The molecule has 0 spiro atoms. The maximum atomic E-state index is 12.1. The van der Waals surface area contributed by atoms with Crippen LogP contribution in [0.1, 0.15) is 17.0 Å². The molecule has 2 amide bonds. The Morgan fingerprint density at radius 2 is 1.21 bits per heavy atom. The van der Waals surface area contributed by atoms with Gasteiger partial charge in [-0.2, -0.15) is 0 Å². The SMILES string of the molecule is O=C(O)COCC(=O)NCCOCCOCCOCCNC(=O)OCC1c2ccccc2-c2ccccc21. The number of rotatable bonds is 18. The molecule has 0 heterocycles. The quantitative estimate of drug-likeness (QED) is 0.246. The van der Waals surface area contributed by atoms with E-state index in [0.717, 1.165) is 0 Å². The standard InChI is InChI=1S/C27H34N2O9/c30-25(18-37-19-26(31)32)28-9-11-34-13-15-36-16-14-35-12-10-29-27(33)38-17-24-22-7-3-1-5-20(22)21-6-2-4-8-23(21)24/h1-8,24H,9-19H2,(H,28,30)(H,29,33)(H,31,32). The maximum Gasteiger partial charge on any atom is 0.407 e. The molecule has 0 atom stereocenters. The minimum Gasteiger partial charge on any atom is -0.480 e. The van der Waals surface area contributed by atoms with Gasteiger partial charge >= 0.3 is 12.1 Å². The third-order valence-corrected chi connectivity index (χ3v) is 5.63. The molecule has 2 aromatic rings. The normalized spacial score (nSPS) is 12.0. The van der Waals surface area contributed by atoms with Gasteiger partial charge in [0.1, 0.15) is 19.8 Å². The summed E-state index contributed by atoms with van der Waals surface area (Å²) < 4.78 is 26.3. The molecule has 206 valence electrons. The van der Waals surface area contributed by atoms with Gasteiger partial charge in [-0.05, 0) is 22.3 Å². The van der Waals surface area contributed by atoms with E-state index in [-0.39, 0.29) is 25.7 Å². The first-order valence-electron chi connectivity index (χ1n) is 12.4. The summed E-state index contributed by atoms with van der Waals surface area (Å²) in [4.78, 5) is 33.8. The van der Waals surface area contributed by atoms with Gasteiger partial charge in [0.15, 0.2) is 0 Å². The van der Waals surface area contributed by atoms with Crippen LogP contribution < -0.4 is 10.6 Å². The summed E-state index contributed by atoms with van der Waals surface area (Å²) in [7, 11) is 0. The van der Waals surface area contributed by atoms with Crippen LogP contribution in [-0.2, 0) is 33.3 Å². The number of amides is 2. The molecule has 1 aliphatic carbocycles. The summed E-state index contributed by atoms with van der Waals surface area (Å²) in [5.41, 5.74) is 4.71. The van der Waals surface area contributed by atoms with E-state index in [2.05, 4.69) is 39.6 Å². The Morgan fingerprint density at radius 3 is 1.79 bits per heavy atom. The second-order valence-electron chi connectivity index (χ2n) is 8.33. The van der Waals surface area contributed by atoms with E-state index < -0.39 is 24.6 Å². The molecule has 38 heavy (non-hydrogen) atoms. The molecule has 0 fully saturated rings. The third-order valence-electron chi connectivity index (χ3n) is 5.63. The molecule has 0 aromatic heterocycles. The van der Waals surface area contributed by atoms with Crippen LogP contribution >= 0.6 is 0 Å². The number of carboxylic acids is 1. The molecule has 0 saturated heterocycles. The van der Waals surface area contributed by atoms with Crippen molar-refractivity contribution in [2.75, 3.05) is 72.6 Å². The van der Waals surface area contributed by atoms with E-state index in [1.165, 1.54) is 22.3 Å². The lowest BCUT2D eigenvalue weighted by Crippen LogP contribution is -2.31. The van der Waals surface area contributed by atoms with Crippen LogP contribution in [0.2, 0.25) is 0 Å². The predicted octanol–water partition coefficient (Wildman–Crippen LogP) is 1.79. The number of carbonyl (C=O) groups is 3. The molecule has 11 heteroatoms. The largest absolute Gasteiger partial charge is 0.480 e. The van der Waals surface area contributed by atoms with Crippen molar-refractivity contribution in [1.82, 2.24) is 10.6 Å². The molecule has 0 unspecified atom stereocenters. The Kier molecular flexibility index (Phi) is 12.5. The minimum absolute atomic E-state index is 0.0225. The van der Waals surface area contributed by atoms with E-state index in [1.807, 2.05) is 24.3 Å². The number of fused-ring (bicyclic) bond motifs is 3. The first-order valence-corrected chi connectivity index (χ1v) is 12.4. The van der Waals surface area contributed by atoms with Crippen molar-refractivity contribution in [3.63, 3.8) is 0 Å². The average Bonchev–Trinajstić information content (AvgIpc) is 3.23. The van der Waals surface area contributed by atoms with Crippen molar-refractivity contribution >= 4 is 18.0 Å². The Hall–Kier alpha value is -3.51. The summed E-state index contributed by atoms with van der Waals surface area (Å²) in [6.07, 6.45) is -0.479. The van der Waals surface area contributed by atoms with Gasteiger partial charge < -0.3 is 39.4 Å². The van der Waals surface area contributed by atoms with Crippen molar-refractivity contribution < 1.29 is 43.2 Å². The highest BCUT2D eigenvalue weighted by Crippen LogP contribution is 2.44. The smallest absolute Gasteiger partial charge is 0.407 e. The molecule has 11 nitrogen and oxygen atoms in total. The number of ether oxygens (including phenoxy) is 5. The lowest BCUT2D eigenvalue weighted by atomic mass is 9.98.